The van der Waals surface area contributed by atoms with Crippen LogP contribution in [0.4, 0.5) is 0 Å². The lowest BCUT2D eigenvalue weighted by molar-refractivity contribution is 0.0764. The molecule has 0 N–H and O–H groups in total. The fourth-order valence-electron chi connectivity index (χ4n) is 3.19. The van der Waals surface area contributed by atoms with Crippen molar-refractivity contribution in [1.82, 2.24) is 9.47 Å². The molecular weight excluding hydrogens is 328 g/mol. The lowest BCUT2D eigenvalue weighted by Crippen LogP contribution is -2.35. The van der Waals surface area contributed by atoms with E-state index in [0.29, 0.717) is 36.0 Å². The number of aryl methyl sites for hydroxylation is 1. The van der Waals surface area contributed by atoms with Gasteiger partial charge in [0.2, 0.25) is 5.43 Å². The predicted molar refractivity (Wildman–Crippen MR) is 94.8 cm³/mol. The van der Waals surface area contributed by atoms with Crippen LogP contribution in [0.2, 0.25) is 5.02 Å². The Kier molecular flexibility index (Phi) is 4.92. The third-order valence-corrected chi connectivity index (χ3v) is 4.75. The number of rotatable bonds is 4. The summed E-state index contributed by atoms with van der Waals surface area (Å²) in [7, 11) is 1.73. The van der Waals surface area contributed by atoms with Gasteiger partial charge in [-0.05, 0) is 31.5 Å². The van der Waals surface area contributed by atoms with Gasteiger partial charge >= 0.3 is 0 Å². The van der Waals surface area contributed by atoms with E-state index in [9.17, 15) is 9.59 Å². The highest BCUT2D eigenvalue weighted by Crippen LogP contribution is 2.19. The topological polar surface area (TPSA) is 51.5 Å². The number of nitrogens with zero attached hydrogens (tertiary/aromatic N) is 2. The maximum absolute atomic E-state index is 12.8. The Morgan fingerprint density at radius 3 is 2.92 bits per heavy atom. The van der Waals surface area contributed by atoms with Crippen LogP contribution in [-0.2, 0) is 11.3 Å². The van der Waals surface area contributed by atoms with E-state index in [4.69, 9.17) is 16.3 Å². The molecule has 2 aromatic rings. The number of amides is 1. The highest BCUT2D eigenvalue weighted by Gasteiger charge is 2.23. The Hall–Kier alpha value is -1.85. The zero-order chi connectivity index (χ0) is 17.3. The molecule has 0 aliphatic carbocycles. The summed E-state index contributed by atoms with van der Waals surface area (Å²) in [5, 5.41) is 0.969. The Morgan fingerprint density at radius 1 is 1.46 bits per heavy atom. The van der Waals surface area contributed by atoms with Crippen molar-refractivity contribution in [3.05, 3.63) is 45.2 Å². The van der Waals surface area contributed by atoms with Crippen LogP contribution < -0.4 is 5.43 Å². The third-order valence-electron chi connectivity index (χ3n) is 4.52. The number of aromatic nitrogens is 1. The lowest BCUT2D eigenvalue weighted by Gasteiger charge is -2.21. The van der Waals surface area contributed by atoms with Crippen LogP contribution >= 0.6 is 11.6 Å². The molecule has 0 spiro atoms. The van der Waals surface area contributed by atoms with Gasteiger partial charge in [-0.3, -0.25) is 9.59 Å². The van der Waals surface area contributed by atoms with Crippen LogP contribution in [0.15, 0.2) is 29.2 Å². The number of hydrogen-bond donors (Lipinski definition) is 0. The predicted octanol–water partition coefficient (Wildman–Crippen LogP) is 2.78. The molecule has 1 saturated heterocycles. The third kappa shape index (κ3) is 3.19. The molecule has 1 aromatic heterocycles. The minimum atomic E-state index is -0.267. The molecule has 1 amide bonds. The van der Waals surface area contributed by atoms with Crippen molar-refractivity contribution in [3.63, 3.8) is 0 Å². The van der Waals surface area contributed by atoms with Crippen LogP contribution in [-0.4, -0.2) is 42.2 Å². The summed E-state index contributed by atoms with van der Waals surface area (Å²) in [6.45, 7) is 4.65. The maximum Gasteiger partial charge on any atom is 0.259 e. The minimum absolute atomic E-state index is 0.188. The van der Waals surface area contributed by atoms with E-state index in [1.165, 1.54) is 0 Å². The van der Waals surface area contributed by atoms with Crippen molar-refractivity contribution in [1.29, 1.82) is 0 Å². The molecule has 0 bridgehead atoms. The molecule has 1 atom stereocenters. The van der Waals surface area contributed by atoms with Crippen LogP contribution in [0.5, 0.6) is 0 Å². The molecule has 128 valence electrons. The molecule has 2 heterocycles. The highest BCUT2D eigenvalue weighted by atomic mass is 35.5. The fourth-order valence-corrected chi connectivity index (χ4v) is 3.36. The van der Waals surface area contributed by atoms with Gasteiger partial charge in [0.05, 0.1) is 12.1 Å². The second-order valence-electron chi connectivity index (χ2n) is 6.23. The standard InChI is InChI=1S/C18H21ClN2O3/c1-3-21-10-15(17(22)14-8-13(19)4-5-16(14)21)18(23)20(2)9-12-6-7-24-11-12/h4-5,8,10,12H,3,6-7,9,11H2,1-2H3. The van der Waals surface area contributed by atoms with Crippen LogP contribution in [0.1, 0.15) is 23.7 Å². The Morgan fingerprint density at radius 2 is 2.25 bits per heavy atom. The summed E-state index contributed by atoms with van der Waals surface area (Å²) in [4.78, 5) is 27.2. The summed E-state index contributed by atoms with van der Waals surface area (Å²) in [5.74, 6) is 0.0817. The van der Waals surface area contributed by atoms with Crippen LogP contribution in [0.3, 0.4) is 0 Å². The summed E-state index contributed by atoms with van der Waals surface area (Å²) in [6, 6.07) is 5.20. The summed E-state index contributed by atoms with van der Waals surface area (Å²) < 4.78 is 7.27. The van der Waals surface area contributed by atoms with Gasteiger partial charge in [-0.2, -0.15) is 0 Å². The zero-order valence-electron chi connectivity index (χ0n) is 13.9. The molecule has 3 rings (SSSR count). The first-order valence-electron chi connectivity index (χ1n) is 8.17. The molecule has 6 heteroatoms. The highest BCUT2D eigenvalue weighted by molar-refractivity contribution is 6.31. The van der Waals surface area contributed by atoms with E-state index < -0.39 is 0 Å². The molecule has 24 heavy (non-hydrogen) atoms. The van der Waals surface area contributed by atoms with E-state index in [1.807, 2.05) is 17.6 Å². The van der Waals surface area contributed by atoms with Crippen molar-refractivity contribution in [2.75, 3.05) is 26.8 Å². The quantitative estimate of drug-likeness (QED) is 0.853. The molecule has 1 unspecified atom stereocenters. The maximum atomic E-state index is 12.8. The van der Waals surface area contributed by atoms with E-state index in [0.717, 1.165) is 18.5 Å². The van der Waals surface area contributed by atoms with E-state index in [-0.39, 0.29) is 16.9 Å². The number of carbonyl (C=O) groups is 1. The first kappa shape index (κ1) is 17.0. The number of carbonyl (C=O) groups excluding carboxylic acids is 1. The Bertz CT molecular complexity index is 825. The van der Waals surface area contributed by atoms with Crippen LogP contribution in [0, 0.1) is 5.92 Å². The molecule has 1 aromatic carbocycles. The second kappa shape index (κ2) is 6.95. The number of ether oxygens (including phenoxy) is 1. The van der Waals surface area contributed by atoms with Gasteiger partial charge in [0, 0.05) is 49.3 Å². The normalized spacial score (nSPS) is 17.4. The molecule has 0 radical (unpaired) electrons. The smallest absolute Gasteiger partial charge is 0.259 e. The van der Waals surface area contributed by atoms with Crippen molar-refractivity contribution in [2.24, 2.45) is 5.92 Å². The number of pyridine rings is 1. The average molecular weight is 349 g/mol. The largest absolute Gasteiger partial charge is 0.381 e. The number of halogens is 1. The van der Waals surface area contributed by atoms with Gasteiger partial charge in [0.15, 0.2) is 0 Å². The van der Waals surface area contributed by atoms with Crippen molar-refractivity contribution in [2.45, 2.75) is 19.9 Å². The first-order valence-corrected chi connectivity index (χ1v) is 8.55. The molecule has 1 aliphatic heterocycles. The van der Waals surface area contributed by atoms with Crippen molar-refractivity contribution < 1.29 is 9.53 Å². The average Bonchev–Trinajstić information content (AvgIpc) is 3.08. The lowest BCUT2D eigenvalue weighted by atomic mass is 10.1. The van der Waals surface area contributed by atoms with E-state index in [2.05, 4.69) is 0 Å². The molecule has 1 aliphatic rings. The Labute approximate surface area is 145 Å². The van der Waals surface area contributed by atoms with E-state index in [1.54, 1.807) is 30.3 Å². The van der Waals surface area contributed by atoms with Gasteiger partial charge in [-0.25, -0.2) is 0 Å². The molecular formula is C18H21ClN2O3. The van der Waals surface area contributed by atoms with Gasteiger partial charge < -0.3 is 14.2 Å². The van der Waals surface area contributed by atoms with Gasteiger partial charge in [0.1, 0.15) is 5.56 Å². The van der Waals surface area contributed by atoms with E-state index >= 15 is 0 Å². The minimum Gasteiger partial charge on any atom is -0.381 e. The second-order valence-corrected chi connectivity index (χ2v) is 6.67. The van der Waals surface area contributed by atoms with Gasteiger partial charge in [-0.15, -0.1) is 0 Å². The summed E-state index contributed by atoms with van der Waals surface area (Å²) in [5.41, 5.74) is 0.708. The number of benzene rings is 1. The molecule has 5 nitrogen and oxygen atoms in total. The van der Waals surface area contributed by atoms with Crippen molar-refractivity contribution >= 4 is 28.4 Å². The number of hydrogen-bond acceptors (Lipinski definition) is 3. The Balaban J connectivity index is 2.00. The fraction of sp³-hybridized carbons (Fsp3) is 0.444. The first-order chi connectivity index (χ1) is 11.5. The SMILES string of the molecule is CCn1cc(C(=O)N(C)CC2CCOC2)c(=O)c2cc(Cl)ccc21. The zero-order valence-corrected chi connectivity index (χ0v) is 14.7. The van der Waals surface area contributed by atoms with Crippen molar-refractivity contribution in [3.8, 4) is 0 Å². The molecule has 0 saturated carbocycles. The summed E-state index contributed by atoms with van der Waals surface area (Å²) >= 11 is 6.04. The van der Waals surface area contributed by atoms with Gasteiger partial charge in [0.25, 0.3) is 5.91 Å². The molecule has 1 fully saturated rings. The summed E-state index contributed by atoms with van der Waals surface area (Å²) in [6.07, 6.45) is 2.60. The monoisotopic (exact) mass is 348 g/mol. The van der Waals surface area contributed by atoms with Crippen LogP contribution in [0.25, 0.3) is 10.9 Å². The van der Waals surface area contributed by atoms with Gasteiger partial charge in [-0.1, -0.05) is 11.6 Å². The number of fused-ring (bicyclic) bond motifs is 1.